The van der Waals surface area contributed by atoms with Crippen LogP contribution >= 0.6 is 0 Å². The molecule has 0 spiro atoms. The second-order valence-electron chi connectivity index (χ2n) is 2.52. The Balaban J connectivity index is 2.85. The summed E-state index contributed by atoms with van der Waals surface area (Å²) in [6, 6.07) is 4.05. The second-order valence-corrected chi connectivity index (χ2v) is 2.52. The van der Waals surface area contributed by atoms with Gasteiger partial charge in [0.25, 0.3) is 0 Å². The van der Waals surface area contributed by atoms with Crippen LogP contribution < -0.4 is 0 Å². The summed E-state index contributed by atoms with van der Waals surface area (Å²) in [4.78, 5) is 0. The van der Waals surface area contributed by atoms with Crippen LogP contribution in [-0.4, -0.2) is 0 Å². The predicted octanol–water partition coefficient (Wildman–Crippen LogP) is 2.64. The first-order chi connectivity index (χ1) is 4.79. The van der Waals surface area contributed by atoms with E-state index >= 15 is 0 Å². The van der Waals surface area contributed by atoms with Crippen LogP contribution in [0.3, 0.4) is 0 Å². The first kappa shape index (κ1) is 5.59. The van der Waals surface area contributed by atoms with E-state index in [0.29, 0.717) is 0 Å². The van der Waals surface area contributed by atoms with Gasteiger partial charge in [-0.2, -0.15) is 0 Å². The lowest BCUT2D eigenvalue weighted by atomic mass is 10.1. The second kappa shape index (κ2) is 1.66. The normalized spacial score (nSPS) is 11.0. The minimum Gasteiger partial charge on any atom is -0.285 e. The molecule has 0 N–H and O–H groups in total. The first-order valence-corrected chi connectivity index (χ1v) is 3.24. The molecule has 0 amide bonds. The average molecular weight is 136 g/mol. The van der Waals surface area contributed by atoms with Gasteiger partial charge in [-0.15, -0.1) is 0 Å². The van der Waals surface area contributed by atoms with Crippen LogP contribution in [0.1, 0.15) is 11.1 Å². The van der Waals surface area contributed by atoms with Crippen LogP contribution in [0.2, 0.25) is 0 Å². The van der Waals surface area contributed by atoms with Gasteiger partial charge in [-0.1, -0.05) is 12.1 Å². The van der Waals surface area contributed by atoms with E-state index in [-0.39, 0.29) is 0 Å². The number of hydrogen-bond acceptors (Lipinski definition) is 2. The number of hydrogen-bond donors (Lipinski definition) is 0. The zero-order chi connectivity index (χ0) is 7.14. The largest absolute Gasteiger partial charge is 0.285 e. The van der Waals surface area contributed by atoms with Crippen molar-refractivity contribution in [2.45, 2.75) is 13.8 Å². The van der Waals surface area contributed by atoms with E-state index in [4.69, 9.17) is 9.15 Å². The lowest BCUT2D eigenvalue weighted by Gasteiger charge is -2.02. The topological polar surface area (TPSA) is 26.3 Å². The van der Waals surface area contributed by atoms with Crippen LogP contribution in [0, 0.1) is 13.8 Å². The number of benzene rings is 1. The third-order valence-corrected chi connectivity index (χ3v) is 1.71. The van der Waals surface area contributed by atoms with Gasteiger partial charge in [0.1, 0.15) is 0 Å². The maximum atomic E-state index is 4.79. The third kappa shape index (κ3) is 0.533. The molecule has 1 aromatic carbocycles. The van der Waals surface area contributed by atoms with Gasteiger partial charge in [0.05, 0.1) is 0 Å². The molecule has 10 heavy (non-hydrogen) atoms. The Morgan fingerprint density at radius 2 is 1.30 bits per heavy atom. The van der Waals surface area contributed by atoms with Gasteiger partial charge in [0.15, 0.2) is 0 Å². The van der Waals surface area contributed by atoms with Gasteiger partial charge >= 0.3 is 0 Å². The van der Waals surface area contributed by atoms with Crippen LogP contribution in [0.25, 0.3) is 11.2 Å². The molecule has 0 saturated heterocycles. The lowest BCUT2D eigenvalue weighted by Crippen LogP contribution is -1.84. The number of fused-ring (bicyclic) bond motifs is 1. The highest BCUT2D eigenvalue weighted by Crippen LogP contribution is 2.24. The van der Waals surface area contributed by atoms with Gasteiger partial charge in [0.2, 0.25) is 11.2 Å². The van der Waals surface area contributed by atoms with E-state index in [9.17, 15) is 0 Å². The molecule has 52 valence electrons. The summed E-state index contributed by atoms with van der Waals surface area (Å²) < 4.78 is 9.58. The van der Waals surface area contributed by atoms with Crippen LogP contribution in [0.4, 0.5) is 0 Å². The van der Waals surface area contributed by atoms with E-state index in [1.807, 2.05) is 26.0 Å². The van der Waals surface area contributed by atoms with E-state index in [1.165, 1.54) is 0 Å². The Bertz CT molecular complexity index is 319. The van der Waals surface area contributed by atoms with Crippen molar-refractivity contribution in [2.24, 2.45) is 0 Å². The quantitative estimate of drug-likeness (QED) is 0.520. The minimum atomic E-state index is 0.889. The monoisotopic (exact) mass is 136 g/mol. The van der Waals surface area contributed by atoms with Gasteiger partial charge < -0.3 is 0 Å². The van der Waals surface area contributed by atoms with Crippen molar-refractivity contribution in [1.29, 1.82) is 0 Å². The van der Waals surface area contributed by atoms with Crippen molar-refractivity contribution in [3.8, 4) is 0 Å². The van der Waals surface area contributed by atoms with Crippen molar-refractivity contribution in [2.75, 3.05) is 0 Å². The highest BCUT2D eigenvalue weighted by molar-refractivity contribution is 5.77. The molecule has 2 rings (SSSR count). The Labute approximate surface area is 58.4 Å². The summed E-state index contributed by atoms with van der Waals surface area (Å²) in [5, 5.41) is 0. The zero-order valence-electron chi connectivity index (χ0n) is 5.97. The molecule has 2 heteroatoms. The molecule has 0 bridgehead atoms. The molecule has 0 aliphatic heterocycles. The summed E-state index contributed by atoms with van der Waals surface area (Å²) >= 11 is 0. The Morgan fingerprint density at radius 1 is 0.900 bits per heavy atom. The molecule has 0 radical (unpaired) electrons. The molecular formula is C8H8O2. The maximum absolute atomic E-state index is 4.79. The van der Waals surface area contributed by atoms with Crippen molar-refractivity contribution in [1.82, 2.24) is 0 Å². The minimum absolute atomic E-state index is 0.889. The summed E-state index contributed by atoms with van der Waals surface area (Å²) in [5.74, 6) is 0. The standard InChI is InChI=1S/C8H8O2/c1-5-3-4-6(2)8-7(5)9-10-8/h3-4H,1-2H3. The summed E-state index contributed by atoms with van der Waals surface area (Å²) in [6.07, 6.45) is 0. The predicted molar refractivity (Wildman–Crippen MR) is 38.0 cm³/mol. The SMILES string of the molecule is Cc1ccc(C)c2ooc12. The molecule has 2 nitrogen and oxygen atoms in total. The van der Waals surface area contributed by atoms with Gasteiger partial charge in [-0.25, -0.2) is 0 Å². The fraction of sp³-hybridized carbons (Fsp3) is 0.250. The smallest absolute Gasteiger partial charge is 0.228 e. The van der Waals surface area contributed by atoms with Crippen LogP contribution in [-0.2, 0) is 0 Å². The van der Waals surface area contributed by atoms with Crippen LogP contribution in [0.5, 0.6) is 0 Å². The lowest BCUT2D eigenvalue weighted by molar-refractivity contribution is 0.0577. The molecule has 0 saturated carbocycles. The first-order valence-electron chi connectivity index (χ1n) is 3.24. The van der Waals surface area contributed by atoms with E-state index in [0.717, 1.165) is 22.3 Å². The average Bonchev–Trinajstić information content (AvgIpc) is 1.78. The highest BCUT2D eigenvalue weighted by Gasteiger charge is 2.09. The van der Waals surface area contributed by atoms with E-state index in [1.54, 1.807) is 0 Å². The van der Waals surface area contributed by atoms with Crippen molar-refractivity contribution in [3.63, 3.8) is 0 Å². The Kier molecular flexibility index (Phi) is 0.926. The molecule has 1 aromatic heterocycles. The van der Waals surface area contributed by atoms with Crippen molar-refractivity contribution < 1.29 is 9.15 Å². The van der Waals surface area contributed by atoms with Gasteiger partial charge in [0, 0.05) is 11.1 Å². The summed E-state index contributed by atoms with van der Waals surface area (Å²) in [5.41, 5.74) is 4.04. The van der Waals surface area contributed by atoms with E-state index < -0.39 is 0 Å². The van der Waals surface area contributed by atoms with Crippen LogP contribution in [0.15, 0.2) is 21.3 Å². The number of rotatable bonds is 0. The maximum Gasteiger partial charge on any atom is 0.228 e. The van der Waals surface area contributed by atoms with E-state index in [2.05, 4.69) is 0 Å². The van der Waals surface area contributed by atoms with Crippen molar-refractivity contribution >= 4 is 11.2 Å². The Morgan fingerprint density at radius 3 is 1.60 bits per heavy atom. The fourth-order valence-corrected chi connectivity index (χ4v) is 1.02. The molecule has 0 atom stereocenters. The molecule has 0 fully saturated rings. The van der Waals surface area contributed by atoms with Gasteiger partial charge in [-0.3, -0.25) is 9.15 Å². The third-order valence-electron chi connectivity index (χ3n) is 1.71. The molecular weight excluding hydrogens is 128 g/mol. The van der Waals surface area contributed by atoms with Gasteiger partial charge in [-0.05, 0) is 13.8 Å². The molecule has 0 aliphatic carbocycles. The highest BCUT2D eigenvalue weighted by atomic mass is 17.0. The molecule has 0 unspecified atom stereocenters. The zero-order valence-corrected chi connectivity index (χ0v) is 5.97. The molecule has 0 aliphatic rings. The molecule has 1 heterocycles. The molecule has 2 aromatic rings. The summed E-state index contributed by atoms with van der Waals surface area (Å²) in [6.45, 7) is 4.00. The summed E-state index contributed by atoms with van der Waals surface area (Å²) in [7, 11) is 0. The fourth-order valence-electron chi connectivity index (χ4n) is 1.02. The van der Waals surface area contributed by atoms with Crippen molar-refractivity contribution in [3.05, 3.63) is 23.3 Å². The Hall–Kier alpha value is -1.18. The number of aryl methyl sites for hydroxylation is 2.